The minimum atomic E-state index is -0.729. The Kier molecular flexibility index (Phi) is 7.55. The Balaban J connectivity index is 1.67. The number of hydrogen-bond acceptors (Lipinski definition) is 5. The molecule has 3 rings (SSSR count). The number of Topliss-reactive ketones (excluding diaryl/α,β-unsaturated/α-hetero) is 1. The van der Waals surface area contributed by atoms with E-state index in [1.807, 2.05) is 18.2 Å². The third-order valence-electron chi connectivity index (χ3n) is 5.25. The summed E-state index contributed by atoms with van der Waals surface area (Å²) in [5.41, 5.74) is 2.56. The van der Waals surface area contributed by atoms with Gasteiger partial charge in [-0.1, -0.05) is 36.4 Å². The van der Waals surface area contributed by atoms with Crippen LogP contribution in [0.25, 0.3) is 0 Å². The first-order valence-electron chi connectivity index (χ1n) is 10.3. The molecule has 2 atom stereocenters. The van der Waals surface area contributed by atoms with Crippen molar-refractivity contribution >= 4 is 11.8 Å². The van der Waals surface area contributed by atoms with Gasteiger partial charge in [0, 0.05) is 18.6 Å². The van der Waals surface area contributed by atoms with E-state index in [9.17, 15) is 14.7 Å². The second kappa shape index (κ2) is 10.3. The number of carbonyl (C=O) groups excluding carboxylic acids is 2. The summed E-state index contributed by atoms with van der Waals surface area (Å²) in [6, 6.07) is 14.3. The van der Waals surface area contributed by atoms with Crippen LogP contribution in [0.5, 0.6) is 0 Å². The number of benzene rings is 2. The smallest absolute Gasteiger partial charge is 0.338 e. The Morgan fingerprint density at radius 2 is 2.00 bits per heavy atom. The second-order valence-electron chi connectivity index (χ2n) is 7.28. The van der Waals surface area contributed by atoms with Crippen LogP contribution in [0.1, 0.15) is 70.6 Å². The summed E-state index contributed by atoms with van der Waals surface area (Å²) in [5, 5.41) is 10.6. The molecule has 0 saturated carbocycles. The molecule has 5 nitrogen and oxygen atoms in total. The van der Waals surface area contributed by atoms with Crippen LogP contribution in [0.4, 0.5) is 0 Å². The highest BCUT2D eigenvalue weighted by Crippen LogP contribution is 2.27. The monoisotopic (exact) mass is 396 g/mol. The lowest BCUT2D eigenvalue weighted by molar-refractivity contribution is -0.0633. The van der Waals surface area contributed by atoms with Crippen LogP contribution in [-0.4, -0.2) is 36.2 Å². The van der Waals surface area contributed by atoms with Gasteiger partial charge in [-0.3, -0.25) is 4.79 Å². The van der Waals surface area contributed by atoms with E-state index in [2.05, 4.69) is 0 Å². The normalized spacial score (nSPS) is 17.5. The van der Waals surface area contributed by atoms with Crippen LogP contribution < -0.4 is 0 Å². The van der Waals surface area contributed by atoms with E-state index >= 15 is 0 Å². The molecule has 2 aromatic carbocycles. The largest absolute Gasteiger partial charge is 0.462 e. The fourth-order valence-corrected chi connectivity index (χ4v) is 3.66. The van der Waals surface area contributed by atoms with E-state index in [4.69, 9.17) is 9.47 Å². The molecule has 29 heavy (non-hydrogen) atoms. The summed E-state index contributed by atoms with van der Waals surface area (Å²) in [6.07, 6.45) is 2.67. The molecule has 1 fully saturated rings. The van der Waals surface area contributed by atoms with Crippen molar-refractivity contribution in [1.29, 1.82) is 0 Å². The van der Waals surface area contributed by atoms with Gasteiger partial charge in [-0.2, -0.15) is 0 Å². The molecular weight excluding hydrogens is 368 g/mol. The fraction of sp³-hybridized carbons (Fsp3) is 0.417. The van der Waals surface area contributed by atoms with Crippen LogP contribution in [-0.2, 0) is 15.9 Å². The molecule has 0 amide bonds. The summed E-state index contributed by atoms with van der Waals surface area (Å²) < 4.78 is 10.8. The van der Waals surface area contributed by atoms with E-state index in [1.54, 1.807) is 37.3 Å². The molecular formula is C24H28O5. The molecule has 1 N–H and O–H groups in total. The van der Waals surface area contributed by atoms with Gasteiger partial charge in [0.25, 0.3) is 0 Å². The number of esters is 1. The Bertz CT molecular complexity index is 839. The van der Waals surface area contributed by atoms with E-state index < -0.39 is 6.10 Å². The van der Waals surface area contributed by atoms with Crippen LogP contribution in [0.2, 0.25) is 0 Å². The number of rotatable bonds is 8. The summed E-state index contributed by atoms with van der Waals surface area (Å²) >= 11 is 0. The average Bonchev–Trinajstić information content (AvgIpc) is 2.78. The van der Waals surface area contributed by atoms with E-state index in [1.165, 1.54) is 0 Å². The third-order valence-corrected chi connectivity index (χ3v) is 5.25. The molecule has 5 heteroatoms. The summed E-state index contributed by atoms with van der Waals surface area (Å²) in [4.78, 5) is 24.9. The maximum atomic E-state index is 12.7. The molecule has 2 unspecified atom stereocenters. The van der Waals surface area contributed by atoms with Crippen molar-refractivity contribution in [2.45, 2.75) is 51.2 Å². The summed E-state index contributed by atoms with van der Waals surface area (Å²) in [6.45, 7) is 2.75. The predicted octanol–water partition coefficient (Wildman–Crippen LogP) is 4.28. The Labute approximate surface area is 171 Å². The zero-order chi connectivity index (χ0) is 20.6. The van der Waals surface area contributed by atoms with Gasteiger partial charge in [0.2, 0.25) is 0 Å². The predicted molar refractivity (Wildman–Crippen MR) is 110 cm³/mol. The van der Waals surface area contributed by atoms with Gasteiger partial charge >= 0.3 is 5.97 Å². The van der Waals surface area contributed by atoms with Gasteiger partial charge in [-0.15, -0.1) is 0 Å². The van der Waals surface area contributed by atoms with Crippen molar-refractivity contribution in [3.8, 4) is 0 Å². The summed E-state index contributed by atoms with van der Waals surface area (Å²) in [5.74, 6) is -0.393. The average molecular weight is 396 g/mol. The third kappa shape index (κ3) is 5.52. The van der Waals surface area contributed by atoms with Gasteiger partial charge in [-0.05, 0) is 55.9 Å². The Morgan fingerprint density at radius 1 is 1.17 bits per heavy atom. The quantitative estimate of drug-likeness (QED) is 0.533. The van der Waals surface area contributed by atoms with E-state index in [0.717, 1.165) is 24.8 Å². The molecule has 1 aliphatic heterocycles. The maximum Gasteiger partial charge on any atom is 0.338 e. The van der Waals surface area contributed by atoms with Crippen molar-refractivity contribution in [1.82, 2.24) is 0 Å². The molecule has 0 radical (unpaired) electrons. The van der Waals surface area contributed by atoms with Crippen molar-refractivity contribution in [2.75, 3.05) is 13.2 Å². The number of carbonyl (C=O) groups is 2. The van der Waals surface area contributed by atoms with Gasteiger partial charge in [0.15, 0.2) is 5.78 Å². The van der Waals surface area contributed by atoms with Gasteiger partial charge in [-0.25, -0.2) is 4.79 Å². The lowest BCUT2D eigenvalue weighted by Gasteiger charge is -2.27. The highest BCUT2D eigenvalue weighted by atomic mass is 16.5. The Morgan fingerprint density at radius 3 is 2.76 bits per heavy atom. The van der Waals surface area contributed by atoms with Crippen molar-refractivity contribution in [2.24, 2.45) is 0 Å². The van der Waals surface area contributed by atoms with Crippen LogP contribution in [0, 0.1) is 0 Å². The summed E-state index contributed by atoms with van der Waals surface area (Å²) in [7, 11) is 0. The number of aliphatic hydroxyl groups is 1. The zero-order valence-electron chi connectivity index (χ0n) is 16.8. The Hall–Kier alpha value is -2.50. The lowest BCUT2D eigenvalue weighted by Crippen LogP contribution is -2.26. The molecule has 154 valence electrons. The van der Waals surface area contributed by atoms with Crippen LogP contribution >= 0.6 is 0 Å². The standard InChI is InChI=1S/C24H28O5/c1-2-28-24(27)20-11-4-3-8-17(20)13-14-21(25)18-9-7-10-19(16-18)23(26)22-12-5-6-15-29-22/h3-4,7-11,16,22-23,26H,2,5-6,12-15H2,1H3. The first-order valence-corrected chi connectivity index (χ1v) is 10.3. The number of aryl methyl sites for hydroxylation is 1. The number of hydrogen-bond donors (Lipinski definition) is 1. The molecule has 0 bridgehead atoms. The van der Waals surface area contributed by atoms with Crippen molar-refractivity contribution in [3.63, 3.8) is 0 Å². The molecule has 0 spiro atoms. The number of ketones is 1. The SMILES string of the molecule is CCOC(=O)c1ccccc1CCC(=O)c1cccc(C(O)C2CCCCO2)c1. The first-order chi connectivity index (χ1) is 14.1. The van der Waals surface area contributed by atoms with E-state index in [0.29, 0.717) is 36.3 Å². The molecule has 1 saturated heterocycles. The van der Waals surface area contributed by atoms with Crippen LogP contribution in [0.3, 0.4) is 0 Å². The molecule has 2 aromatic rings. The van der Waals surface area contributed by atoms with Gasteiger partial charge in [0.1, 0.15) is 6.10 Å². The minimum Gasteiger partial charge on any atom is -0.462 e. The number of ether oxygens (including phenoxy) is 2. The topological polar surface area (TPSA) is 72.8 Å². The van der Waals surface area contributed by atoms with Gasteiger partial charge < -0.3 is 14.6 Å². The minimum absolute atomic E-state index is 0.0257. The molecule has 1 aliphatic rings. The molecule has 1 heterocycles. The fourth-order valence-electron chi connectivity index (χ4n) is 3.66. The maximum absolute atomic E-state index is 12.7. The van der Waals surface area contributed by atoms with Crippen molar-refractivity contribution < 1.29 is 24.2 Å². The zero-order valence-corrected chi connectivity index (χ0v) is 16.8. The highest BCUT2D eigenvalue weighted by Gasteiger charge is 2.24. The van der Waals surface area contributed by atoms with E-state index in [-0.39, 0.29) is 24.3 Å². The van der Waals surface area contributed by atoms with Gasteiger partial charge in [0.05, 0.1) is 18.3 Å². The lowest BCUT2D eigenvalue weighted by atomic mass is 9.94. The van der Waals surface area contributed by atoms with Crippen LogP contribution in [0.15, 0.2) is 48.5 Å². The molecule has 0 aliphatic carbocycles. The molecule has 0 aromatic heterocycles. The van der Waals surface area contributed by atoms with Crippen molar-refractivity contribution in [3.05, 3.63) is 70.8 Å². The number of aliphatic hydroxyl groups excluding tert-OH is 1. The second-order valence-corrected chi connectivity index (χ2v) is 7.28. The highest BCUT2D eigenvalue weighted by molar-refractivity contribution is 5.97. The first kappa shape index (κ1) is 21.2.